The fraction of sp³-hybridized carbons (Fsp3) is 0.909. The molecule has 1 atom stereocenters. The summed E-state index contributed by atoms with van der Waals surface area (Å²) in [7, 11) is 0. The summed E-state index contributed by atoms with van der Waals surface area (Å²) in [4.78, 5) is 0. The van der Waals surface area contributed by atoms with Gasteiger partial charge in [0.05, 0.1) is 0 Å². The lowest BCUT2D eigenvalue weighted by atomic mass is 9.79. The predicted molar refractivity (Wildman–Crippen MR) is 55.6 cm³/mol. The fourth-order valence-corrected chi connectivity index (χ4v) is 1.75. The molecule has 0 aromatic carbocycles. The third-order valence-electron chi connectivity index (χ3n) is 3.57. The summed E-state index contributed by atoms with van der Waals surface area (Å²) in [6, 6.07) is 0. The Morgan fingerprint density at radius 3 is 0.900 bits per heavy atom. The monoisotopic (exact) mass is 497 g/mol. The molecule has 0 nitrogen and oxygen atoms in total. The van der Waals surface area contributed by atoms with Crippen LogP contribution in [0.25, 0.3) is 0 Å². The van der Waals surface area contributed by atoms with Crippen LogP contribution in [0.1, 0.15) is 6.42 Å². The van der Waals surface area contributed by atoms with Crippen molar-refractivity contribution < 1.29 is 83.4 Å². The maximum atomic E-state index is 13.8. The van der Waals surface area contributed by atoms with E-state index < -0.39 is 60.0 Å². The quantitative estimate of drug-likeness (QED) is 0.338. The van der Waals surface area contributed by atoms with Crippen LogP contribution in [0.15, 0.2) is 0 Å². The van der Waals surface area contributed by atoms with Gasteiger partial charge in [0.2, 0.25) is 0 Å². The molecule has 0 spiro atoms. The smallest absolute Gasteiger partial charge is 0.219 e. The van der Waals surface area contributed by atoms with E-state index >= 15 is 0 Å². The van der Waals surface area contributed by atoms with E-state index in [0.717, 1.165) is 0 Å². The Kier molecular flexibility index (Phi) is 6.53. The van der Waals surface area contributed by atoms with Gasteiger partial charge in [-0.15, -0.1) is 0 Å². The van der Waals surface area contributed by atoms with Crippen molar-refractivity contribution in [2.45, 2.75) is 60.0 Å². The molecule has 0 amide bonds. The van der Waals surface area contributed by atoms with Crippen LogP contribution >= 0.6 is 0 Å². The molecule has 0 aliphatic heterocycles. The Hall–Kier alpha value is -1.33. The second-order valence-electron chi connectivity index (χ2n) is 5.48. The number of rotatable bonds is 7. The molecule has 0 N–H and O–H groups in total. The minimum absolute atomic E-state index is 1.77. The van der Waals surface area contributed by atoms with Crippen LogP contribution in [-0.4, -0.2) is 53.6 Å². The lowest BCUT2D eigenvalue weighted by Crippen LogP contribution is -2.79. The average molecular weight is 497 g/mol. The Bertz CT molecular complexity index is 621. The van der Waals surface area contributed by atoms with Crippen LogP contribution in [0.4, 0.5) is 83.4 Å². The van der Waals surface area contributed by atoms with Crippen LogP contribution in [0.5, 0.6) is 0 Å². The van der Waals surface area contributed by atoms with Gasteiger partial charge in [0.15, 0.2) is 0 Å². The highest BCUT2D eigenvalue weighted by atomic mass is 19.4. The standard InChI is InChI=1S/C11H4F19/c1-2-3(12,13)5(15,16)4(14,10(25,26)27)6(17,18)7(19,20)8(21,22)9(23,24)11(28,29)30/h1-2H2. The van der Waals surface area contributed by atoms with Gasteiger partial charge in [-0.3, -0.25) is 0 Å². The van der Waals surface area contributed by atoms with Gasteiger partial charge in [0, 0.05) is 6.42 Å². The van der Waals surface area contributed by atoms with Gasteiger partial charge >= 0.3 is 53.6 Å². The van der Waals surface area contributed by atoms with Crippen LogP contribution in [0.3, 0.4) is 0 Å². The second-order valence-corrected chi connectivity index (χ2v) is 5.48. The Morgan fingerprint density at radius 2 is 0.667 bits per heavy atom. The topological polar surface area (TPSA) is 0 Å². The van der Waals surface area contributed by atoms with E-state index in [1.807, 2.05) is 0 Å². The van der Waals surface area contributed by atoms with Crippen molar-refractivity contribution in [3.05, 3.63) is 6.92 Å². The van der Waals surface area contributed by atoms with Crippen molar-refractivity contribution >= 4 is 0 Å². The summed E-state index contributed by atoms with van der Waals surface area (Å²) < 4.78 is 244. The van der Waals surface area contributed by atoms with Crippen LogP contribution < -0.4 is 0 Å². The first-order chi connectivity index (χ1) is 12.6. The molecule has 0 aliphatic rings. The molecule has 0 fully saturated rings. The van der Waals surface area contributed by atoms with E-state index in [-0.39, 0.29) is 0 Å². The van der Waals surface area contributed by atoms with Gasteiger partial charge in [-0.05, 0) is 6.92 Å². The average Bonchev–Trinajstić information content (AvgIpc) is 2.50. The summed E-state index contributed by atoms with van der Waals surface area (Å²) in [5.41, 5.74) is -8.79. The zero-order valence-electron chi connectivity index (χ0n) is 13.1. The fourth-order valence-electron chi connectivity index (χ4n) is 1.75. The van der Waals surface area contributed by atoms with Gasteiger partial charge in [0.1, 0.15) is 0 Å². The molecule has 0 aromatic rings. The van der Waals surface area contributed by atoms with Crippen molar-refractivity contribution in [2.24, 2.45) is 0 Å². The SMILES string of the molecule is [CH2]CC(F)(F)C(F)(F)C(F)(C(F)(F)F)C(F)(F)C(F)(F)C(F)(F)C(F)(F)C(F)(F)F. The summed E-state index contributed by atoms with van der Waals surface area (Å²) in [5.74, 6) is -50.0. The molecule has 0 aliphatic carbocycles. The summed E-state index contributed by atoms with van der Waals surface area (Å²) in [6.45, 7) is 1.77. The Labute approximate surface area is 152 Å². The van der Waals surface area contributed by atoms with Crippen molar-refractivity contribution in [2.75, 3.05) is 0 Å². The molecule has 181 valence electrons. The van der Waals surface area contributed by atoms with E-state index in [0.29, 0.717) is 0 Å². The van der Waals surface area contributed by atoms with Crippen molar-refractivity contribution in [1.82, 2.24) is 0 Å². The normalized spacial score (nSPS) is 18.4. The number of halogens is 19. The van der Waals surface area contributed by atoms with Crippen LogP contribution in [-0.2, 0) is 0 Å². The summed E-state index contributed by atoms with van der Waals surface area (Å²) in [5, 5.41) is 0. The molecule has 1 unspecified atom stereocenters. The third kappa shape index (κ3) is 3.24. The second kappa shape index (κ2) is 6.83. The first kappa shape index (κ1) is 28.7. The molecule has 0 bridgehead atoms. The van der Waals surface area contributed by atoms with Crippen molar-refractivity contribution in [1.29, 1.82) is 0 Å². The molecule has 30 heavy (non-hydrogen) atoms. The highest BCUT2D eigenvalue weighted by Crippen LogP contribution is 2.67. The number of alkyl halides is 19. The summed E-state index contributed by atoms with van der Waals surface area (Å²) >= 11 is 0. The molecular formula is C11H4F19. The van der Waals surface area contributed by atoms with E-state index in [4.69, 9.17) is 0 Å². The zero-order valence-corrected chi connectivity index (χ0v) is 13.1. The first-order valence-electron chi connectivity index (χ1n) is 6.44. The molecule has 1 radical (unpaired) electrons. The molecule has 0 saturated carbocycles. The van der Waals surface area contributed by atoms with E-state index in [9.17, 15) is 83.4 Å². The highest BCUT2D eigenvalue weighted by molar-refractivity contribution is 5.21. The first-order valence-corrected chi connectivity index (χ1v) is 6.44. The number of hydrogen-bond acceptors (Lipinski definition) is 0. The molecule has 0 aromatic heterocycles. The van der Waals surface area contributed by atoms with E-state index in [1.54, 1.807) is 6.92 Å². The van der Waals surface area contributed by atoms with Gasteiger partial charge < -0.3 is 0 Å². The molecule has 0 rings (SSSR count). The lowest BCUT2D eigenvalue weighted by Gasteiger charge is -2.46. The largest absolute Gasteiger partial charge is 0.460 e. The Morgan fingerprint density at radius 1 is 0.367 bits per heavy atom. The van der Waals surface area contributed by atoms with E-state index in [2.05, 4.69) is 0 Å². The summed E-state index contributed by atoms with van der Waals surface area (Å²) in [6.07, 6.45) is -19.3. The van der Waals surface area contributed by atoms with Crippen LogP contribution in [0.2, 0.25) is 0 Å². The van der Waals surface area contributed by atoms with Gasteiger partial charge in [0.25, 0.3) is 0 Å². The lowest BCUT2D eigenvalue weighted by molar-refractivity contribution is -0.472. The maximum absolute atomic E-state index is 13.8. The minimum Gasteiger partial charge on any atom is -0.219 e. The van der Waals surface area contributed by atoms with E-state index in [1.165, 1.54) is 0 Å². The van der Waals surface area contributed by atoms with Crippen LogP contribution in [0, 0.1) is 6.92 Å². The zero-order chi connectivity index (χ0) is 25.2. The maximum Gasteiger partial charge on any atom is 0.460 e. The Balaban J connectivity index is 7.27. The van der Waals surface area contributed by atoms with Gasteiger partial charge in [-0.2, -0.15) is 79.0 Å². The predicted octanol–water partition coefficient (Wildman–Crippen LogP) is 6.86. The minimum atomic E-state index is -9.03. The third-order valence-corrected chi connectivity index (χ3v) is 3.57. The molecule has 19 heteroatoms. The molecule has 0 heterocycles. The van der Waals surface area contributed by atoms with Crippen molar-refractivity contribution in [3.8, 4) is 0 Å². The van der Waals surface area contributed by atoms with Gasteiger partial charge in [-0.25, -0.2) is 4.39 Å². The number of hydrogen-bond donors (Lipinski definition) is 0. The highest BCUT2D eigenvalue weighted by Gasteiger charge is 2.98. The van der Waals surface area contributed by atoms with Crippen molar-refractivity contribution in [3.63, 3.8) is 0 Å². The molecule has 0 saturated heterocycles. The molecular weight excluding hydrogens is 493 g/mol. The van der Waals surface area contributed by atoms with Gasteiger partial charge in [-0.1, -0.05) is 0 Å².